The van der Waals surface area contributed by atoms with E-state index >= 15 is 0 Å². The second kappa shape index (κ2) is 7.36. The van der Waals surface area contributed by atoms with Gasteiger partial charge in [-0.1, -0.05) is 35.9 Å². The number of phenolic OH excluding ortho intramolecular Hbond substituents is 1. The number of rotatable bonds is 4. The zero-order chi connectivity index (χ0) is 20.6. The summed E-state index contributed by atoms with van der Waals surface area (Å²) in [7, 11) is -3.79. The highest BCUT2D eigenvalue weighted by molar-refractivity contribution is 7.89. The summed E-state index contributed by atoms with van der Waals surface area (Å²) in [6.45, 7) is 0. The smallest absolute Gasteiger partial charge is 0.238 e. The van der Waals surface area contributed by atoms with Gasteiger partial charge < -0.3 is 5.11 Å². The Morgan fingerprint density at radius 1 is 0.931 bits per heavy atom. The van der Waals surface area contributed by atoms with Crippen molar-refractivity contribution in [2.24, 2.45) is 5.14 Å². The molecule has 0 fully saturated rings. The number of hydrogen-bond donors (Lipinski definition) is 2. The monoisotopic (exact) mass is 425 g/mol. The maximum atomic E-state index is 11.5. The molecule has 0 unspecified atom stereocenters. The predicted octanol–water partition coefficient (Wildman–Crippen LogP) is 4.21. The second-order valence-electron chi connectivity index (χ2n) is 6.39. The fourth-order valence-corrected chi connectivity index (χ4v) is 3.64. The molecule has 0 aliphatic heterocycles. The van der Waals surface area contributed by atoms with Gasteiger partial charge in [-0.3, -0.25) is 0 Å². The Balaban J connectivity index is 1.89. The van der Waals surface area contributed by atoms with E-state index in [4.69, 9.17) is 16.7 Å². The van der Waals surface area contributed by atoms with E-state index in [0.717, 1.165) is 11.3 Å². The van der Waals surface area contributed by atoms with Crippen molar-refractivity contribution in [1.29, 1.82) is 0 Å². The molecule has 4 rings (SSSR count). The molecule has 1 aromatic heterocycles. The Morgan fingerprint density at radius 3 is 2.21 bits per heavy atom. The van der Waals surface area contributed by atoms with Gasteiger partial charge in [-0.2, -0.15) is 5.10 Å². The minimum absolute atomic E-state index is 0.0161. The molecule has 4 aromatic rings. The number of primary sulfonamides is 1. The number of benzene rings is 3. The number of hydrogen-bond acceptors (Lipinski definition) is 4. The van der Waals surface area contributed by atoms with Gasteiger partial charge in [-0.05, 0) is 54.6 Å². The quantitative estimate of drug-likeness (QED) is 0.511. The van der Waals surface area contributed by atoms with Crippen molar-refractivity contribution in [2.45, 2.75) is 4.90 Å². The summed E-state index contributed by atoms with van der Waals surface area (Å²) in [6, 6.07) is 22.2. The van der Waals surface area contributed by atoms with E-state index in [2.05, 4.69) is 5.10 Å². The first-order valence-electron chi connectivity index (χ1n) is 8.60. The number of nitrogens with two attached hydrogens (primary N) is 1. The van der Waals surface area contributed by atoms with Crippen LogP contribution in [0.15, 0.2) is 83.8 Å². The van der Waals surface area contributed by atoms with Crippen LogP contribution in [0.5, 0.6) is 5.75 Å². The molecule has 0 radical (unpaired) electrons. The van der Waals surface area contributed by atoms with Gasteiger partial charge in [0.15, 0.2) is 0 Å². The molecule has 3 N–H and O–H groups in total. The van der Waals surface area contributed by atoms with Crippen LogP contribution in [0.2, 0.25) is 5.02 Å². The first kappa shape index (κ1) is 19.2. The topological polar surface area (TPSA) is 98.2 Å². The van der Waals surface area contributed by atoms with E-state index in [1.165, 1.54) is 12.1 Å². The van der Waals surface area contributed by atoms with Crippen LogP contribution in [0.3, 0.4) is 0 Å². The zero-order valence-electron chi connectivity index (χ0n) is 15.0. The van der Waals surface area contributed by atoms with Crippen molar-refractivity contribution < 1.29 is 13.5 Å². The molecule has 6 nitrogen and oxygen atoms in total. The Kier molecular flexibility index (Phi) is 4.87. The number of aromatic hydroxyl groups is 1. The fourth-order valence-electron chi connectivity index (χ4n) is 3.00. The number of nitrogens with zero attached hydrogens (tertiary/aromatic N) is 2. The van der Waals surface area contributed by atoms with Crippen molar-refractivity contribution in [1.82, 2.24) is 9.78 Å². The Labute approximate surface area is 172 Å². The fraction of sp³-hybridized carbons (Fsp3) is 0. The molecule has 8 heteroatoms. The average Bonchev–Trinajstić information content (AvgIpc) is 3.13. The summed E-state index contributed by atoms with van der Waals surface area (Å²) < 4.78 is 24.8. The van der Waals surface area contributed by atoms with Crippen LogP contribution in [0.1, 0.15) is 0 Å². The van der Waals surface area contributed by atoms with Crippen LogP contribution >= 0.6 is 11.6 Å². The Morgan fingerprint density at radius 2 is 1.59 bits per heavy atom. The molecule has 0 amide bonds. The van der Waals surface area contributed by atoms with E-state index in [9.17, 15) is 13.5 Å². The molecule has 29 heavy (non-hydrogen) atoms. The molecule has 146 valence electrons. The summed E-state index contributed by atoms with van der Waals surface area (Å²) in [5, 5.41) is 20.7. The van der Waals surface area contributed by atoms with E-state index in [-0.39, 0.29) is 10.6 Å². The molecule has 0 saturated carbocycles. The first-order valence-corrected chi connectivity index (χ1v) is 10.5. The van der Waals surface area contributed by atoms with Gasteiger partial charge in [0.1, 0.15) is 5.75 Å². The molecule has 0 atom stereocenters. The minimum atomic E-state index is -3.79. The van der Waals surface area contributed by atoms with Gasteiger partial charge in [0, 0.05) is 16.1 Å². The van der Waals surface area contributed by atoms with Crippen LogP contribution in [-0.4, -0.2) is 23.3 Å². The summed E-state index contributed by atoms with van der Waals surface area (Å²) >= 11 is 6.01. The van der Waals surface area contributed by atoms with E-state index in [0.29, 0.717) is 22.0 Å². The van der Waals surface area contributed by atoms with Gasteiger partial charge >= 0.3 is 0 Å². The van der Waals surface area contributed by atoms with Crippen molar-refractivity contribution in [2.75, 3.05) is 0 Å². The number of para-hydroxylation sites is 1. The maximum absolute atomic E-state index is 11.5. The molecule has 0 aliphatic carbocycles. The van der Waals surface area contributed by atoms with Gasteiger partial charge in [-0.15, -0.1) is 0 Å². The second-order valence-corrected chi connectivity index (χ2v) is 8.39. The van der Waals surface area contributed by atoms with Crippen molar-refractivity contribution in [3.63, 3.8) is 0 Å². The van der Waals surface area contributed by atoms with E-state index in [1.807, 2.05) is 24.3 Å². The summed E-state index contributed by atoms with van der Waals surface area (Å²) in [6.07, 6.45) is 0. The number of halogens is 1. The van der Waals surface area contributed by atoms with Gasteiger partial charge in [0.25, 0.3) is 0 Å². The largest absolute Gasteiger partial charge is 0.507 e. The van der Waals surface area contributed by atoms with Gasteiger partial charge in [0.05, 0.1) is 22.0 Å². The Hall–Kier alpha value is -3.13. The third-order valence-corrected chi connectivity index (χ3v) is 5.62. The van der Waals surface area contributed by atoms with Crippen molar-refractivity contribution >= 4 is 21.6 Å². The minimum Gasteiger partial charge on any atom is -0.507 e. The highest BCUT2D eigenvalue weighted by Gasteiger charge is 2.16. The lowest BCUT2D eigenvalue weighted by Gasteiger charge is -2.08. The lowest BCUT2D eigenvalue weighted by molar-refractivity contribution is 0.477. The van der Waals surface area contributed by atoms with Crippen LogP contribution in [0.4, 0.5) is 0 Å². The highest BCUT2D eigenvalue weighted by Crippen LogP contribution is 2.33. The van der Waals surface area contributed by atoms with Crippen LogP contribution < -0.4 is 5.14 Å². The summed E-state index contributed by atoms with van der Waals surface area (Å²) in [5.41, 5.74) is 3.41. The lowest BCUT2D eigenvalue weighted by Crippen LogP contribution is -2.12. The standard InChI is InChI=1S/C21H16ClN3O3S/c22-15-7-5-14(6-8-15)20-13-19(18-3-1-2-4-21(18)26)24-25(20)16-9-11-17(12-10-16)29(23,27)28/h1-13,26H,(H2,23,27,28). The van der Waals surface area contributed by atoms with Crippen molar-refractivity contribution in [3.05, 3.63) is 83.9 Å². The number of aromatic nitrogens is 2. The molecule has 0 saturated heterocycles. The van der Waals surface area contributed by atoms with Crippen LogP contribution in [0.25, 0.3) is 28.2 Å². The molecule has 0 bridgehead atoms. The average molecular weight is 426 g/mol. The molecule has 0 spiro atoms. The molecular weight excluding hydrogens is 410 g/mol. The van der Waals surface area contributed by atoms with Gasteiger partial charge in [-0.25, -0.2) is 18.2 Å². The zero-order valence-corrected chi connectivity index (χ0v) is 16.6. The van der Waals surface area contributed by atoms with E-state index < -0.39 is 10.0 Å². The van der Waals surface area contributed by atoms with Gasteiger partial charge in [0.2, 0.25) is 10.0 Å². The molecular formula is C21H16ClN3O3S. The van der Waals surface area contributed by atoms with E-state index in [1.54, 1.807) is 47.1 Å². The number of sulfonamides is 1. The predicted molar refractivity (Wildman–Crippen MR) is 112 cm³/mol. The van der Waals surface area contributed by atoms with Crippen LogP contribution in [0, 0.1) is 0 Å². The number of phenols is 1. The third-order valence-electron chi connectivity index (χ3n) is 4.44. The Bertz CT molecular complexity index is 1280. The van der Waals surface area contributed by atoms with Crippen LogP contribution in [-0.2, 0) is 10.0 Å². The first-order chi connectivity index (χ1) is 13.8. The third kappa shape index (κ3) is 3.88. The van der Waals surface area contributed by atoms with Crippen molar-refractivity contribution in [3.8, 4) is 34.0 Å². The summed E-state index contributed by atoms with van der Waals surface area (Å²) in [5.74, 6) is 0.115. The molecule has 0 aliphatic rings. The lowest BCUT2D eigenvalue weighted by atomic mass is 10.1. The molecule has 3 aromatic carbocycles. The summed E-state index contributed by atoms with van der Waals surface area (Å²) in [4.78, 5) is 0.0161. The maximum Gasteiger partial charge on any atom is 0.238 e. The normalized spacial score (nSPS) is 11.5. The molecule has 1 heterocycles. The SMILES string of the molecule is NS(=O)(=O)c1ccc(-n2nc(-c3ccccc3O)cc2-c2ccc(Cl)cc2)cc1. The highest BCUT2D eigenvalue weighted by atomic mass is 35.5.